The van der Waals surface area contributed by atoms with Crippen LogP contribution in [0.25, 0.3) is 11.0 Å². The fraction of sp³-hybridized carbons (Fsp3) is 0.241. The van der Waals surface area contributed by atoms with E-state index in [9.17, 15) is 14.0 Å². The first-order chi connectivity index (χ1) is 19.3. The Kier molecular flexibility index (Phi) is 7.85. The highest BCUT2D eigenvalue weighted by Gasteiger charge is 2.21. The Labute approximate surface area is 231 Å². The number of amides is 2. The molecule has 206 valence electrons. The Hall–Kier alpha value is -4.61. The van der Waals surface area contributed by atoms with Gasteiger partial charge in [-0.2, -0.15) is 0 Å². The van der Waals surface area contributed by atoms with E-state index in [2.05, 4.69) is 10.9 Å². The number of aromatic nitrogens is 2. The van der Waals surface area contributed by atoms with E-state index in [1.54, 1.807) is 17.1 Å². The van der Waals surface area contributed by atoms with E-state index in [0.717, 1.165) is 35.3 Å². The number of carbonyl (C=O) groups is 2. The number of halogens is 1. The highest BCUT2D eigenvalue weighted by atomic mass is 19.1. The number of amidine groups is 1. The van der Waals surface area contributed by atoms with Gasteiger partial charge in [-0.05, 0) is 54.4 Å². The predicted molar refractivity (Wildman–Crippen MR) is 150 cm³/mol. The van der Waals surface area contributed by atoms with Crippen molar-refractivity contribution >= 4 is 28.7 Å². The molecule has 0 bridgehead atoms. The molecule has 11 heteroatoms. The van der Waals surface area contributed by atoms with Crippen molar-refractivity contribution in [2.45, 2.75) is 12.8 Å². The molecule has 40 heavy (non-hydrogen) atoms. The van der Waals surface area contributed by atoms with Gasteiger partial charge in [-0.1, -0.05) is 24.3 Å². The summed E-state index contributed by atoms with van der Waals surface area (Å²) in [6, 6.07) is 18.5. The lowest BCUT2D eigenvalue weighted by molar-refractivity contribution is 0.0423. The minimum atomic E-state index is -0.391. The van der Waals surface area contributed by atoms with Crippen molar-refractivity contribution in [1.82, 2.24) is 30.4 Å². The number of fused-ring (bicyclic) bond motifs is 1. The summed E-state index contributed by atoms with van der Waals surface area (Å²) in [6.45, 7) is 2.10. The second kappa shape index (κ2) is 11.6. The van der Waals surface area contributed by atoms with Crippen LogP contribution in [0.4, 0.5) is 4.39 Å². The highest BCUT2D eigenvalue weighted by molar-refractivity contribution is 5.97. The molecule has 10 nitrogen and oxygen atoms in total. The zero-order chi connectivity index (χ0) is 28.2. The van der Waals surface area contributed by atoms with Gasteiger partial charge < -0.3 is 10.3 Å². The summed E-state index contributed by atoms with van der Waals surface area (Å²) in [5, 5.41) is 11.1. The molecule has 0 radical (unpaired) electrons. The molecule has 2 amide bonds. The number of rotatable bonds is 8. The van der Waals surface area contributed by atoms with Crippen molar-refractivity contribution in [3.63, 3.8) is 0 Å². The average molecular weight is 543 g/mol. The monoisotopic (exact) mass is 542 g/mol. The lowest BCUT2D eigenvalue weighted by Gasteiger charge is -2.34. The molecule has 0 spiro atoms. The van der Waals surface area contributed by atoms with Crippen LogP contribution in [0.5, 0.6) is 0 Å². The smallest absolute Gasteiger partial charge is 0.265 e. The molecule has 1 saturated heterocycles. The molecule has 0 saturated carbocycles. The number of carbonyl (C=O) groups excluding carboxylic acids is 2. The molecule has 0 atom stereocenters. The summed E-state index contributed by atoms with van der Waals surface area (Å²) in [6.07, 6.45) is 1.52. The van der Waals surface area contributed by atoms with Gasteiger partial charge in [0.2, 0.25) is 0 Å². The summed E-state index contributed by atoms with van der Waals surface area (Å²) < 4.78 is 15.1. The molecule has 2 heterocycles. The van der Waals surface area contributed by atoms with E-state index in [1.807, 2.05) is 47.0 Å². The van der Waals surface area contributed by atoms with Gasteiger partial charge in [0, 0.05) is 56.3 Å². The van der Waals surface area contributed by atoms with Crippen LogP contribution in [-0.2, 0) is 19.9 Å². The molecule has 1 fully saturated rings. The van der Waals surface area contributed by atoms with Crippen LogP contribution < -0.4 is 16.6 Å². The SMILES string of the molecule is Cn1c(CCc2ccc(C(=N)N)cc2)nc2cc(C(=O)NN3CCN(NC(=O)c4ccc(F)cc4)CC3)ccc21. The minimum Gasteiger partial charge on any atom is -0.384 e. The first-order valence-electron chi connectivity index (χ1n) is 13.0. The quantitative estimate of drug-likeness (QED) is 0.200. The van der Waals surface area contributed by atoms with E-state index in [4.69, 9.17) is 16.1 Å². The normalized spacial score (nSPS) is 14.2. The topological polar surface area (TPSA) is 132 Å². The van der Waals surface area contributed by atoms with E-state index in [1.165, 1.54) is 24.3 Å². The fourth-order valence-electron chi connectivity index (χ4n) is 4.67. The maximum atomic E-state index is 13.1. The van der Waals surface area contributed by atoms with Crippen LogP contribution in [0.3, 0.4) is 0 Å². The van der Waals surface area contributed by atoms with Gasteiger partial charge in [0.1, 0.15) is 17.5 Å². The number of hydrazine groups is 2. The lowest BCUT2D eigenvalue weighted by Crippen LogP contribution is -2.57. The van der Waals surface area contributed by atoms with Gasteiger partial charge in [0.25, 0.3) is 11.8 Å². The molecule has 5 N–H and O–H groups in total. The summed E-state index contributed by atoms with van der Waals surface area (Å²) >= 11 is 0. The van der Waals surface area contributed by atoms with Crippen molar-refractivity contribution in [2.75, 3.05) is 26.2 Å². The highest BCUT2D eigenvalue weighted by Crippen LogP contribution is 2.19. The zero-order valence-corrected chi connectivity index (χ0v) is 22.2. The van der Waals surface area contributed by atoms with Crippen LogP contribution in [0.15, 0.2) is 66.7 Å². The summed E-state index contributed by atoms with van der Waals surface area (Å²) in [5.74, 6) is 0.0605. The summed E-state index contributed by atoms with van der Waals surface area (Å²) in [7, 11) is 1.97. The molecule has 0 unspecified atom stereocenters. The van der Waals surface area contributed by atoms with Crippen molar-refractivity contribution in [3.8, 4) is 0 Å². The molecule has 1 aromatic heterocycles. The maximum Gasteiger partial charge on any atom is 0.265 e. The first-order valence-corrected chi connectivity index (χ1v) is 13.0. The van der Waals surface area contributed by atoms with Gasteiger partial charge in [-0.15, -0.1) is 0 Å². The van der Waals surface area contributed by atoms with Gasteiger partial charge in [0.05, 0.1) is 11.0 Å². The molecule has 1 aliphatic rings. The number of hydrogen-bond acceptors (Lipinski definition) is 6. The van der Waals surface area contributed by atoms with Crippen molar-refractivity contribution in [3.05, 3.63) is 101 Å². The second-order valence-electron chi connectivity index (χ2n) is 9.76. The summed E-state index contributed by atoms with van der Waals surface area (Å²) in [5.41, 5.74) is 15.7. The third-order valence-corrected chi connectivity index (χ3v) is 7.04. The molecule has 4 aromatic rings. The third kappa shape index (κ3) is 6.16. The zero-order valence-electron chi connectivity index (χ0n) is 22.2. The molecule has 3 aromatic carbocycles. The molecular formula is C29H31FN8O2. The Morgan fingerprint density at radius 3 is 2.00 bits per heavy atom. The van der Waals surface area contributed by atoms with Crippen LogP contribution >= 0.6 is 0 Å². The van der Waals surface area contributed by atoms with E-state index < -0.39 is 5.82 Å². The number of nitrogens with zero attached hydrogens (tertiary/aromatic N) is 4. The Bertz CT molecular complexity index is 1540. The standard InChI is InChI=1S/C29H31FN8O2/c1-36-25-12-9-22(18-24(25)33-26(36)13-4-19-2-5-20(6-3-19)27(31)32)29(40)35-38-16-14-37(15-17-38)34-28(39)21-7-10-23(30)11-8-21/h2-3,5-12,18H,4,13-17H2,1H3,(H3,31,32)(H,34,39)(H,35,40). The van der Waals surface area contributed by atoms with Crippen molar-refractivity contribution in [2.24, 2.45) is 12.8 Å². The average Bonchev–Trinajstić information content (AvgIpc) is 3.28. The van der Waals surface area contributed by atoms with Crippen LogP contribution in [0, 0.1) is 11.2 Å². The lowest BCUT2D eigenvalue weighted by atomic mass is 10.1. The van der Waals surface area contributed by atoms with Gasteiger partial charge in [0.15, 0.2) is 0 Å². The number of hydrogen-bond donors (Lipinski definition) is 4. The van der Waals surface area contributed by atoms with E-state index in [-0.39, 0.29) is 17.6 Å². The van der Waals surface area contributed by atoms with Crippen LogP contribution in [0.2, 0.25) is 0 Å². The first kappa shape index (κ1) is 27.0. The fourth-order valence-corrected chi connectivity index (χ4v) is 4.67. The Morgan fingerprint density at radius 2 is 1.40 bits per heavy atom. The second-order valence-corrected chi connectivity index (χ2v) is 9.76. The van der Waals surface area contributed by atoms with Crippen LogP contribution in [0.1, 0.15) is 37.7 Å². The number of imidazole rings is 1. The van der Waals surface area contributed by atoms with Gasteiger partial charge in [-0.3, -0.25) is 25.8 Å². The van der Waals surface area contributed by atoms with Crippen molar-refractivity contribution in [1.29, 1.82) is 5.41 Å². The Morgan fingerprint density at radius 1 is 0.850 bits per heavy atom. The largest absolute Gasteiger partial charge is 0.384 e. The van der Waals surface area contributed by atoms with E-state index in [0.29, 0.717) is 42.9 Å². The number of benzene rings is 3. The molecular weight excluding hydrogens is 511 g/mol. The maximum absolute atomic E-state index is 13.1. The number of aryl methyl sites for hydroxylation is 3. The van der Waals surface area contributed by atoms with Gasteiger partial charge in [-0.25, -0.2) is 19.4 Å². The Balaban J connectivity index is 1.15. The summed E-state index contributed by atoms with van der Waals surface area (Å²) in [4.78, 5) is 30.1. The van der Waals surface area contributed by atoms with E-state index >= 15 is 0 Å². The number of nitrogens with one attached hydrogen (secondary N) is 3. The predicted octanol–water partition coefficient (Wildman–Crippen LogP) is 2.39. The van der Waals surface area contributed by atoms with Crippen LogP contribution in [-0.4, -0.2) is 63.4 Å². The number of nitrogen functional groups attached to an aromatic ring is 1. The van der Waals surface area contributed by atoms with Gasteiger partial charge >= 0.3 is 0 Å². The molecule has 5 rings (SSSR count). The molecule has 0 aliphatic carbocycles. The number of piperazine rings is 1. The minimum absolute atomic E-state index is 0.0519. The number of nitrogens with two attached hydrogens (primary N) is 1. The molecule has 1 aliphatic heterocycles. The third-order valence-electron chi connectivity index (χ3n) is 7.04. The van der Waals surface area contributed by atoms with Crippen molar-refractivity contribution < 1.29 is 14.0 Å².